The number of halogens is 1. The molecule has 1 aromatic heterocycles. The second-order valence-corrected chi connectivity index (χ2v) is 5.59. The molecule has 1 saturated heterocycles. The molecule has 4 nitrogen and oxygen atoms in total. The van der Waals surface area contributed by atoms with Crippen LogP contribution in [0.2, 0.25) is 0 Å². The molecule has 0 radical (unpaired) electrons. The highest BCUT2D eigenvalue weighted by atomic mass is 19.1. The van der Waals surface area contributed by atoms with Crippen LogP contribution in [0.15, 0.2) is 24.3 Å². The van der Waals surface area contributed by atoms with Crippen LogP contribution in [0.3, 0.4) is 0 Å². The van der Waals surface area contributed by atoms with Gasteiger partial charge in [-0.1, -0.05) is 25.5 Å². The van der Waals surface area contributed by atoms with Crippen molar-refractivity contribution in [1.82, 2.24) is 20.1 Å². The van der Waals surface area contributed by atoms with Crippen LogP contribution in [0.5, 0.6) is 0 Å². The molecule has 0 amide bonds. The standard InChI is InChI=1S/C16H21FN4/c1-2-15-18-16(20-19-15)11-21-10-4-3-5-14(21)12-6-8-13(17)9-7-12/h6-9,14H,2-5,10-11H2,1H3,(H,18,19,20). The minimum absolute atomic E-state index is 0.177. The summed E-state index contributed by atoms with van der Waals surface area (Å²) in [6.07, 6.45) is 4.37. The van der Waals surface area contributed by atoms with Crippen LogP contribution >= 0.6 is 0 Å². The van der Waals surface area contributed by atoms with Crippen LogP contribution < -0.4 is 0 Å². The summed E-state index contributed by atoms with van der Waals surface area (Å²) in [5.74, 6) is 1.60. The fourth-order valence-corrected chi connectivity index (χ4v) is 3.00. The molecule has 112 valence electrons. The van der Waals surface area contributed by atoms with E-state index in [-0.39, 0.29) is 5.82 Å². The number of nitrogens with zero attached hydrogens (tertiary/aromatic N) is 3. The maximum Gasteiger partial charge on any atom is 0.150 e. The van der Waals surface area contributed by atoms with E-state index < -0.39 is 0 Å². The number of rotatable bonds is 4. The number of likely N-dealkylation sites (tertiary alicyclic amines) is 1. The Morgan fingerprint density at radius 1 is 1.29 bits per heavy atom. The summed E-state index contributed by atoms with van der Waals surface area (Å²) in [5.41, 5.74) is 1.19. The number of aromatic amines is 1. The average Bonchev–Trinajstić information content (AvgIpc) is 2.96. The summed E-state index contributed by atoms with van der Waals surface area (Å²) in [6.45, 7) is 3.87. The molecule has 0 spiro atoms. The third-order valence-corrected chi connectivity index (χ3v) is 4.12. The third-order valence-electron chi connectivity index (χ3n) is 4.12. The lowest BCUT2D eigenvalue weighted by Crippen LogP contribution is -2.33. The zero-order valence-corrected chi connectivity index (χ0v) is 12.3. The van der Waals surface area contributed by atoms with Crippen LogP contribution in [-0.2, 0) is 13.0 Å². The molecule has 1 atom stereocenters. The monoisotopic (exact) mass is 288 g/mol. The summed E-state index contributed by atoms with van der Waals surface area (Å²) >= 11 is 0. The van der Waals surface area contributed by atoms with Gasteiger partial charge in [0.15, 0.2) is 0 Å². The molecule has 1 fully saturated rings. The first-order chi connectivity index (χ1) is 10.3. The molecule has 3 rings (SSSR count). The Morgan fingerprint density at radius 2 is 2.10 bits per heavy atom. The highest BCUT2D eigenvalue weighted by Crippen LogP contribution is 2.31. The van der Waals surface area contributed by atoms with Crippen molar-refractivity contribution in [3.05, 3.63) is 47.3 Å². The van der Waals surface area contributed by atoms with E-state index in [0.29, 0.717) is 6.04 Å². The fourth-order valence-electron chi connectivity index (χ4n) is 3.00. The van der Waals surface area contributed by atoms with Crippen molar-refractivity contribution >= 4 is 0 Å². The lowest BCUT2D eigenvalue weighted by Gasteiger charge is -2.35. The molecule has 1 N–H and O–H groups in total. The molecular weight excluding hydrogens is 267 g/mol. The minimum atomic E-state index is -0.177. The van der Waals surface area contributed by atoms with E-state index in [4.69, 9.17) is 0 Å². The minimum Gasteiger partial charge on any atom is -0.289 e. The number of benzene rings is 1. The van der Waals surface area contributed by atoms with Gasteiger partial charge in [0.1, 0.15) is 17.5 Å². The number of hydrogen-bond donors (Lipinski definition) is 1. The van der Waals surface area contributed by atoms with Crippen LogP contribution in [0.1, 0.15) is 49.4 Å². The van der Waals surface area contributed by atoms with Crippen LogP contribution in [0.4, 0.5) is 4.39 Å². The summed E-state index contributed by atoms with van der Waals surface area (Å²) < 4.78 is 13.1. The first-order valence-corrected chi connectivity index (χ1v) is 7.66. The first kappa shape index (κ1) is 14.2. The van der Waals surface area contributed by atoms with Crippen molar-refractivity contribution in [3.8, 4) is 0 Å². The number of aromatic nitrogens is 3. The van der Waals surface area contributed by atoms with E-state index in [1.165, 1.54) is 18.4 Å². The van der Waals surface area contributed by atoms with E-state index in [0.717, 1.165) is 37.6 Å². The van der Waals surface area contributed by atoms with Gasteiger partial charge in [-0.3, -0.25) is 10.00 Å². The van der Waals surface area contributed by atoms with Crippen LogP contribution in [0, 0.1) is 5.82 Å². The van der Waals surface area contributed by atoms with E-state index in [1.807, 2.05) is 12.1 Å². The first-order valence-electron chi connectivity index (χ1n) is 7.66. The molecule has 1 aliphatic rings. The molecule has 1 aromatic carbocycles. The van der Waals surface area contributed by atoms with Gasteiger partial charge in [0.2, 0.25) is 0 Å². The number of nitrogens with one attached hydrogen (secondary N) is 1. The maximum atomic E-state index is 13.1. The van der Waals surface area contributed by atoms with Gasteiger partial charge in [-0.15, -0.1) is 0 Å². The summed E-state index contributed by atoms with van der Waals surface area (Å²) in [4.78, 5) is 6.91. The number of piperidine rings is 1. The van der Waals surface area contributed by atoms with Crippen LogP contribution in [-0.4, -0.2) is 26.6 Å². The second kappa shape index (κ2) is 6.35. The third kappa shape index (κ3) is 3.29. The van der Waals surface area contributed by atoms with Crippen molar-refractivity contribution in [3.63, 3.8) is 0 Å². The highest BCUT2D eigenvalue weighted by molar-refractivity contribution is 5.20. The van der Waals surface area contributed by atoms with Gasteiger partial charge < -0.3 is 0 Å². The fraction of sp³-hybridized carbons (Fsp3) is 0.500. The molecule has 2 heterocycles. The Bertz CT molecular complexity index is 578. The van der Waals surface area contributed by atoms with Crippen molar-refractivity contribution in [1.29, 1.82) is 0 Å². The van der Waals surface area contributed by atoms with Gasteiger partial charge in [0.25, 0.3) is 0 Å². The van der Waals surface area contributed by atoms with Gasteiger partial charge in [0.05, 0.1) is 6.54 Å². The largest absolute Gasteiger partial charge is 0.289 e. The molecule has 21 heavy (non-hydrogen) atoms. The lowest BCUT2D eigenvalue weighted by molar-refractivity contribution is 0.137. The quantitative estimate of drug-likeness (QED) is 0.939. The summed E-state index contributed by atoms with van der Waals surface area (Å²) in [7, 11) is 0. The van der Waals surface area contributed by atoms with Crippen molar-refractivity contribution in [2.45, 2.75) is 45.2 Å². The zero-order valence-electron chi connectivity index (χ0n) is 12.3. The Morgan fingerprint density at radius 3 is 2.81 bits per heavy atom. The summed E-state index contributed by atoms with van der Waals surface area (Å²) in [6, 6.07) is 7.23. The molecule has 5 heteroatoms. The predicted octanol–water partition coefficient (Wildman–Crippen LogP) is 3.23. The molecule has 1 unspecified atom stereocenters. The Hall–Kier alpha value is -1.75. The van der Waals surface area contributed by atoms with Crippen molar-refractivity contribution < 1.29 is 4.39 Å². The molecule has 0 bridgehead atoms. The Balaban J connectivity index is 1.76. The smallest absolute Gasteiger partial charge is 0.150 e. The van der Waals surface area contributed by atoms with Gasteiger partial charge in [-0.2, -0.15) is 5.10 Å². The zero-order chi connectivity index (χ0) is 14.7. The normalized spacial score (nSPS) is 19.8. The highest BCUT2D eigenvalue weighted by Gasteiger charge is 2.24. The van der Waals surface area contributed by atoms with Crippen molar-refractivity contribution in [2.75, 3.05) is 6.54 Å². The van der Waals surface area contributed by atoms with Gasteiger partial charge in [-0.05, 0) is 37.1 Å². The SMILES string of the molecule is CCc1n[nH]c(CN2CCCCC2c2ccc(F)cc2)n1. The molecule has 0 aliphatic carbocycles. The number of H-pyrrole nitrogens is 1. The molecular formula is C16H21FN4. The summed E-state index contributed by atoms with van der Waals surface area (Å²) in [5, 5.41) is 7.22. The van der Waals surface area contributed by atoms with Crippen LogP contribution in [0.25, 0.3) is 0 Å². The van der Waals surface area contributed by atoms with E-state index >= 15 is 0 Å². The number of hydrogen-bond acceptors (Lipinski definition) is 3. The maximum absolute atomic E-state index is 13.1. The van der Waals surface area contributed by atoms with Gasteiger partial charge in [0, 0.05) is 12.5 Å². The second-order valence-electron chi connectivity index (χ2n) is 5.59. The topological polar surface area (TPSA) is 44.8 Å². The van der Waals surface area contributed by atoms with Gasteiger partial charge >= 0.3 is 0 Å². The lowest BCUT2D eigenvalue weighted by atomic mass is 9.95. The van der Waals surface area contributed by atoms with E-state index in [1.54, 1.807) is 12.1 Å². The molecule has 1 aliphatic heterocycles. The van der Waals surface area contributed by atoms with Crippen molar-refractivity contribution in [2.24, 2.45) is 0 Å². The Kier molecular flexibility index (Phi) is 4.29. The number of aryl methyl sites for hydroxylation is 1. The predicted molar refractivity (Wildman–Crippen MR) is 79.2 cm³/mol. The van der Waals surface area contributed by atoms with E-state index in [9.17, 15) is 4.39 Å². The van der Waals surface area contributed by atoms with Gasteiger partial charge in [-0.25, -0.2) is 9.37 Å². The molecule has 2 aromatic rings. The van der Waals surface area contributed by atoms with E-state index in [2.05, 4.69) is 27.0 Å². The molecule has 0 saturated carbocycles. The average molecular weight is 288 g/mol. The Labute approximate surface area is 124 Å².